The molecule has 0 aliphatic heterocycles. The van der Waals surface area contributed by atoms with Gasteiger partial charge in [0.15, 0.2) is 5.78 Å². The van der Waals surface area contributed by atoms with Crippen molar-refractivity contribution in [2.75, 3.05) is 12.4 Å². The van der Waals surface area contributed by atoms with Gasteiger partial charge in [-0.1, -0.05) is 11.6 Å². The zero-order valence-corrected chi connectivity index (χ0v) is 16.2. The molecule has 0 radical (unpaired) electrons. The Morgan fingerprint density at radius 3 is 2.76 bits per heavy atom. The van der Waals surface area contributed by atoms with Crippen molar-refractivity contribution in [1.82, 2.24) is 4.98 Å². The number of hydrogen-bond acceptors (Lipinski definition) is 5. The van der Waals surface area contributed by atoms with E-state index < -0.39 is 11.5 Å². The summed E-state index contributed by atoms with van der Waals surface area (Å²) in [4.78, 5) is 40.4. The first-order valence-electron chi connectivity index (χ1n) is 8.94. The topological polar surface area (TPSA) is 101 Å². The van der Waals surface area contributed by atoms with Crippen molar-refractivity contribution in [1.29, 1.82) is 0 Å². The summed E-state index contributed by atoms with van der Waals surface area (Å²) in [7, 11) is 1.49. The highest BCUT2D eigenvalue weighted by atomic mass is 35.5. The number of aromatic nitrogens is 1. The van der Waals surface area contributed by atoms with Gasteiger partial charge in [0.2, 0.25) is 0 Å². The summed E-state index contributed by atoms with van der Waals surface area (Å²) in [5.74, 6) is 0.250. The molecule has 0 saturated carbocycles. The summed E-state index contributed by atoms with van der Waals surface area (Å²) in [6.07, 6.45) is 2.26. The monoisotopic (exact) mass is 412 g/mol. The largest absolute Gasteiger partial charge is 0.495 e. The number of pyridine rings is 1. The predicted octanol–water partition coefficient (Wildman–Crippen LogP) is 3.79. The Kier molecular flexibility index (Phi) is 4.98. The number of methoxy groups -OCH3 is 1. The Balaban J connectivity index is 1.60. The van der Waals surface area contributed by atoms with Gasteiger partial charge >= 0.3 is 0 Å². The maximum Gasteiger partial charge on any atom is 0.261 e. The highest BCUT2D eigenvalue weighted by molar-refractivity contribution is 6.32. The molecular weight excluding hydrogens is 396 g/mol. The second-order valence-electron chi connectivity index (χ2n) is 6.75. The normalized spacial score (nSPS) is 15.7. The summed E-state index contributed by atoms with van der Waals surface area (Å²) in [6, 6.07) is 9.65. The van der Waals surface area contributed by atoms with E-state index in [1.54, 1.807) is 24.5 Å². The van der Waals surface area contributed by atoms with Crippen LogP contribution >= 0.6 is 11.6 Å². The van der Waals surface area contributed by atoms with Gasteiger partial charge in [-0.05, 0) is 42.8 Å². The number of ether oxygens (including phenoxy) is 1. The fraction of sp³-hybridized carbons (Fsp3) is 0.190. The number of carbonyl (C=O) groups excluding carboxylic acids is 2. The number of aromatic amines is 1. The van der Waals surface area contributed by atoms with Crippen molar-refractivity contribution in [3.63, 3.8) is 0 Å². The first-order valence-corrected chi connectivity index (χ1v) is 9.31. The lowest BCUT2D eigenvalue weighted by Gasteiger charge is -2.22. The molecule has 1 amide bonds. The molecule has 0 spiro atoms. The highest BCUT2D eigenvalue weighted by Gasteiger charge is 2.30. The predicted molar refractivity (Wildman–Crippen MR) is 107 cm³/mol. The number of rotatable bonds is 4. The number of nitrogens with one attached hydrogen (secondary N) is 2. The second-order valence-corrected chi connectivity index (χ2v) is 7.16. The van der Waals surface area contributed by atoms with Gasteiger partial charge in [0, 0.05) is 29.3 Å². The molecule has 0 fully saturated rings. The molecule has 29 heavy (non-hydrogen) atoms. The Hall–Kier alpha value is -3.32. The van der Waals surface area contributed by atoms with Gasteiger partial charge < -0.3 is 19.5 Å². The lowest BCUT2D eigenvalue weighted by Crippen LogP contribution is -2.29. The molecule has 2 N–H and O–H groups in total. The van der Waals surface area contributed by atoms with E-state index in [2.05, 4.69) is 10.3 Å². The van der Waals surface area contributed by atoms with Crippen molar-refractivity contribution >= 4 is 29.0 Å². The molecule has 3 aromatic rings. The SMILES string of the molecule is COc1ccc(NC(=O)c2cc3c([nH]c2=O)C[C@@H](c2ccco2)CC3=O)cc1Cl. The van der Waals surface area contributed by atoms with Gasteiger partial charge in [-0.3, -0.25) is 14.4 Å². The summed E-state index contributed by atoms with van der Waals surface area (Å²) in [5.41, 5.74) is 0.568. The first-order chi connectivity index (χ1) is 14.0. The van der Waals surface area contributed by atoms with E-state index >= 15 is 0 Å². The number of H-pyrrole nitrogens is 1. The maximum absolute atomic E-state index is 12.6. The van der Waals surface area contributed by atoms with Crippen molar-refractivity contribution in [2.45, 2.75) is 18.8 Å². The number of anilines is 1. The molecule has 7 nitrogen and oxygen atoms in total. The third-order valence-corrected chi connectivity index (χ3v) is 5.20. The van der Waals surface area contributed by atoms with Crippen LogP contribution in [0.25, 0.3) is 0 Å². The molecular formula is C21H17ClN2O5. The first kappa shape index (κ1) is 19.0. The van der Waals surface area contributed by atoms with E-state index in [1.807, 2.05) is 6.07 Å². The standard InChI is InChI=1S/C21H17ClN2O5/c1-28-19-5-4-12(9-15(19)22)23-20(26)14-10-13-16(24-21(14)27)7-11(8-17(13)25)18-3-2-6-29-18/h2-6,9-11H,7-8H2,1H3,(H,23,26)(H,24,27)/t11-/m1/s1. The molecule has 0 bridgehead atoms. The van der Waals surface area contributed by atoms with Gasteiger partial charge in [-0.25, -0.2) is 0 Å². The van der Waals surface area contributed by atoms with E-state index in [9.17, 15) is 14.4 Å². The van der Waals surface area contributed by atoms with Crippen LogP contribution in [0.4, 0.5) is 5.69 Å². The molecule has 1 atom stereocenters. The van der Waals surface area contributed by atoms with Crippen LogP contribution in [0.1, 0.15) is 44.5 Å². The third kappa shape index (κ3) is 3.69. The number of ketones is 1. The molecule has 0 saturated heterocycles. The van der Waals surface area contributed by atoms with Gasteiger partial charge in [-0.15, -0.1) is 0 Å². The molecule has 0 unspecified atom stereocenters. The van der Waals surface area contributed by atoms with Crippen LogP contribution in [0.3, 0.4) is 0 Å². The number of halogens is 1. The fourth-order valence-electron chi connectivity index (χ4n) is 3.47. The van der Waals surface area contributed by atoms with Crippen LogP contribution in [0, 0.1) is 0 Å². The Morgan fingerprint density at radius 1 is 1.24 bits per heavy atom. The van der Waals surface area contributed by atoms with Crippen molar-refractivity contribution in [2.24, 2.45) is 0 Å². The van der Waals surface area contributed by atoms with Crippen molar-refractivity contribution in [3.05, 3.63) is 80.6 Å². The minimum Gasteiger partial charge on any atom is -0.495 e. The molecule has 4 rings (SSSR count). The van der Waals surface area contributed by atoms with E-state index in [1.165, 1.54) is 19.2 Å². The molecule has 1 aliphatic carbocycles. The van der Waals surface area contributed by atoms with Gasteiger partial charge in [-0.2, -0.15) is 0 Å². The van der Waals surface area contributed by atoms with Crippen LogP contribution in [0.2, 0.25) is 5.02 Å². The number of benzene rings is 1. The molecule has 1 aliphatic rings. The lowest BCUT2D eigenvalue weighted by molar-refractivity contribution is 0.0959. The van der Waals surface area contributed by atoms with Gasteiger partial charge in [0.05, 0.1) is 18.4 Å². The molecule has 2 aromatic heterocycles. The minimum atomic E-state index is -0.628. The average molecular weight is 413 g/mol. The average Bonchev–Trinajstić information content (AvgIpc) is 3.22. The summed E-state index contributed by atoms with van der Waals surface area (Å²) < 4.78 is 10.5. The lowest BCUT2D eigenvalue weighted by atomic mass is 9.84. The van der Waals surface area contributed by atoms with E-state index in [4.69, 9.17) is 20.8 Å². The van der Waals surface area contributed by atoms with E-state index in [0.29, 0.717) is 39.9 Å². The number of furan rings is 1. The summed E-state index contributed by atoms with van der Waals surface area (Å²) in [5, 5.41) is 2.94. The Morgan fingerprint density at radius 2 is 2.07 bits per heavy atom. The molecule has 1 aromatic carbocycles. The van der Waals surface area contributed by atoms with E-state index in [-0.39, 0.29) is 23.7 Å². The number of amides is 1. The number of Topliss-reactive ketones (excluding diaryl/α,β-unsaturated/α-hetero) is 1. The minimum absolute atomic E-state index is 0.137. The van der Waals surface area contributed by atoms with Gasteiger partial charge in [0.1, 0.15) is 17.1 Å². The van der Waals surface area contributed by atoms with Crippen LogP contribution < -0.4 is 15.6 Å². The quantitative estimate of drug-likeness (QED) is 0.678. The zero-order chi connectivity index (χ0) is 20.5. The fourth-order valence-corrected chi connectivity index (χ4v) is 3.72. The van der Waals surface area contributed by atoms with Gasteiger partial charge in [0.25, 0.3) is 11.5 Å². The van der Waals surface area contributed by atoms with Crippen LogP contribution in [0.15, 0.2) is 51.9 Å². The number of fused-ring (bicyclic) bond motifs is 1. The smallest absolute Gasteiger partial charge is 0.261 e. The van der Waals surface area contributed by atoms with Crippen LogP contribution in [-0.4, -0.2) is 23.8 Å². The Labute approximate surface area is 170 Å². The van der Waals surface area contributed by atoms with Crippen LogP contribution in [0.5, 0.6) is 5.75 Å². The Bertz CT molecular complexity index is 1150. The molecule has 8 heteroatoms. The van der Waals surface area contributed by atoms with E-state index in [0.717, 1.165) is 0 Å². The van der Waals surface area contributed by atoms with Crippen molar-refractivity contribution < 1.29 is 18.7 Å². The zero-order valence-electron chi connectivity index (χ0n) is 15.5. The summed E-state index contributed by atoms with van der Waals surface area (Å²) >= 11 is 6.06. The highest BCUT2D eigenvalue weighted by Crippen LogP contribution is 2.32. The molecule has 148 valence electrons. The van der Waals surface area contributed by atoms with Crippen LogP contribution in [-0.2, 0) is 6.42 Å². The van der Waals surface area contributed by atoms with Crippen molar-refractivity contribution in [3.8, 4) is 5.75 Å². The number of carbonyl (C=O) groups is 2. The third-order valence-electron chi connectivity index (χ3n) is 4.91. The number of hydrogen-bond donors (Lipinski definition) is 2. The maximum atomic E-state index is 12.6. The summed E-state index contributed by atoms with van der Waals surface area (Å²) in [6.45, 7) is 0. The second kappa shape index (κ2) is 7.60. The molecule has 2 heterocycles.